The number of amides is 2. The highest BCUT2D eigenvalue weighted by molar-refractivity contribution is 5.86. The maximum Gasteiger partial charge on any atom is 0.416 e. The van der Waals surface area contributed by atoms with Crippen LogP contribution in [0.25, 0.3) is 11.1 Å². The van der Waals surface area contributed by atoms with Crippen molar-refractivity contribution in [1.82, 2.24) is 9.80 Å². The fourth-order valence-corrected chi connectivity index (χ4v) is 4.14. The van der Waals surface area contributed by atoms with Gasteiger partial charge in [-0.2, -0.15) is 26.3 Å². The van der Waals surface area contributed by atoms with E-state index in [1.807, 2.05) is 0 Å². The molecule has 11 heteroatoms. The number of likely N-dealkylation sites (tertiary alicyclic amines) is 1. The van der Waals surface area contributed by atoms with Crippen LogP contribution in [-0.4, -0.2) is 47.0 Å². The highest BCUT2D eigenvalue weighted by Crippen LogP contribution is 2.38. The molecular weight excluding hydrogens is 502 g/mol. The molecule has 1 saturated heterocycles. The third-order valence-electron chi connectivity index (χ3n) is 5.81. The Morgan fingerprint density at radius 3 is 2.08 bits per heavy atom. The quantitative estimate of drug-likeness (QED) is 0.411. The Bertz CT molecular complexity index is 1120. The van der Waals surface area contributed by atoms with Crippen LogP contribution in [-0.2, 0) is 28.4 Å². The smallest absolute Gasteiger partial charge is 0.416 e. The van der Waals surface area contributed by atoms with Gasteiger partial charge in [0, 0.05) is 20.1 Å². The summed E-state index contributed by atoms with van der Waals surface area (Å²) in [5, 5.41) is 0. The molecule has 0 aromatic heterocycles. The second-order valence-corrected chi connectivity index (χ2v) is 10.0. The van der Waals surface area contributed by atoms with Gasteiger partial charge in [0.05, 0.1) is 11.1 Å². The maximum absolute atomic E-state index is 13.3. The molecule has 0 spiro atoms. The number of alkyl halides is 6. The molecule has 0 N–H and O–H groups in total. The van der Waals surface area contributed by atoms with Crippen LogP contribution < -0.4 is 0 Å². The molecule has 1 aliphatic rings. The molecule has 0 aliphatic carbocycles. The van der Waals surface area contributed by atoms with E-state index in [1.54, 1.807) is 26.8 Å². The first-order valence-corrected chi connectivity index (χ1v) is 11.6. The van der Waals surface area contributed by atoms with Gasteiger partial charge in [-0.05, 0) is 74.6 Å². The van der Waals surface area contributed by atoms with Crippen molar-refractivity contribution in [3.63, 3.8) is 0 Å². The van der Waals surface area contributed by atoms with Gasteiger partial charge in [0.2, 0.25) is 5.91 Å². The molecular formula is C26H28F6N2O3. The maximum atomic E-state index is 13.3. The van der Waals surface area contributed by atoms with E-state index in [1.165, 1.54) is 35.0 Å². The third kappa shape index (κ3) is 7.17. The Morgan fingerprint density at radius 2 is 1.54 bits per heavy atom. The third-order valence-corrected chi connectivity index (χ3v) is 5.81. The average molecular weight is 531 g/mol. The minimum Gasteiger partial charge on any atom is -0.444 e. The number of rotatable bonds is 4. The average Bonchev–Trinajstić information content (AvgIpc) is 3.26. The number of nitrogens with zero attached hydrogens (tertiary/aromatic N) is 2. The van der Waals surface area contributed by atoms with E-state index < -0.39 is 41.2 Å². The molecule has 3 rings (SSSR count). The van der Waals surface area contributed by atoms with E-state index >= 15 is 0 Å². The zero-order valence-corrected chi connectivity index (χ0v) is 20.8. The van der Waals surface area contributed by atoms with Crippen LogP contribution in [0.1, 0.15) is 50.3 Å². The van der Waals surface area contributed by atoms with Crippen LogP contribution in [0.15, 0.2) is 42.5 Å². The first kappa shape index (κ1) is 28.3. The number of halogens is 6. The minimum atomic E-state index is -4.96. The van der Waals surface area contributed by atoms with Gasteiger partial charge in [-0.15, -0.1) is 0 Å². The lowest BCUT2D eigenvalue weighted by atomic mass is 9.97. The van der Waals surface area contributed by atoms with E-state index in [4.69, 9.17) is 4.74 Å². The van der Waals surface area contributed by atoms with Crippen molar-refractivity contribution in [3.05, 3.63) is 59.2 Å². The van der Waals surface area contributed by atoms with Crippen LogP contribution in [0.2, 0.25) is 0 Å². The van der Waals surface area contributed by atoms with Gasteiger partial charge in [0.1, 0.15) is 11.6 Å². The van der Waals surface area contributed by atoms with Crippen LogP contribution in [0.4, 0.5) is 31.1 Å². The Morgan fingerprint density at radius 1 is 0.946 bits per heavy atom. The Hall–Kier alpha value is -3.24. The Labute approximate surface area is 211 Å². The molecule has 5 nitrogen and oxygen atoms in total. The number of carbonyl (C=O) groups is 2. The topological polar surface area (TPSA) is 49.9 Å². The van der Waals surface area contributed by atoms with Gasteiger partial charge in [0.25, 0.3) is 0 Å². The molecule has 2 aromatic rings. The summed E-state index contributed by atoms with van der Waals surface area (Å²) in [7, 11) is 1.52. The summed E-state index contributed by atoms with van der Waals surface area (Å²) in [5.74, 6) is -0.341. The van der Waals surface area contributed by atoms with E-state index in [0.717, 1.165) is 0 Å². The molecule has 1 heterocycles. The lowest BCUT2D eigenvalue weighted by Crippen LogP contribution is -2.47. The summed E-state index contributed by atoms with van der Waals surface area (Å²) >= 11 is 0. The number of hydrogen-bond donors (Lipinski definition) is 0. The van der Waals surface area contributed by atoms with Gasteiger partial charge in [-0.1, -0.05) is 18.2 Å². The number of benzene rings is 2. The molecule has 1 aliphatic heterocycles. The molecule has 202 valence electrons. The van der Waals surface area contributed by atoms with Crippen molar-refractivity contribution in [1.29, 1.82) is 0 Å². The van der Waals surface area contributed by atoms with Crippen molar-refractivity contribution in [2.75, 3.05) is 13.6 Å². The lowest BCUT2D eigenvalue weighted by molar-refractivity contribution is -0.143. The molecule has 0 saturated carbocycles. The lowest BCUT2D eigenvalue weighted by Gasteiger charge is -2.30. The van der Waals surface area contributed by atoms with Gasteiger partial charge in [-0.25, -0.2) is 4.79 Å². The molecule has 0 radical (unpaired) electrons. The number of hydrogen-bond acceptors (Lipinski definition) is 3. The SMILES string of the molecule is CN(Cc1cccc(-c2cc(C(F)(F)F)cc(C(F)(F)F)c2)c1)C(=O)C1CCCN1C(=O)OC(C)(C)C. The molecule has 2 aromatic carbocycles. The summed E-state index contributed by atoms with van der Waals surface area (Å²) in [4.78, 5) is 28.4. The molecule has 1 atom stereocenters. The number of likely N-dealkylation sites (N-methyl/N-ethyl adjacent to an activating group) is 1. The van der Waals surface area contributed by atoms with Crippen molar-refractivity contribution >= 4 is 12.0 Å². The highest BCUT2D eigenvalue weighted by Gasteiger charge is 2.39. The summed E-state index contributed by atoms with van der Waals surface area (Å²) < 4.78 is 85.0. The molecule has 1 fully saturated rings. The second-order valence-electron chi connectivity index (χ2n) is 10.0. The number of carbonyl (C=O) groups excluding carboxylic acids is 2. The van der Waals surface area contributed by atoms with Gasteiger partial charge < -0.3 is 9.64 Å². The van der Waals surface area contributed by atoms with Crippen molar-refractivity contribution < 1.29 is 40.7 Å². The molecule has 1 unspecified atom stereocenters. The van der Waals surface area contributed by atoms with E-state index in [2.05, 4.69) is 0 Å². The van der Waals surface area contributed by atoms with Crippen LogP contribution in [0.3, 0.4) is 0 Å². The van der Waals surface area contributed by atoms with Crippen LogP contribution >= 0.6 is 0 Å². The molecule has 37 heavy (non-hydrogen) atoms. The van der Waals surface area contributed by atoms with Crippen molar-refractivity contribution in [3.8, 4) is 11.1 Å². The minimum absolute atomic E-state index is 0.0381. The standard InChI is InChI=1S/C26H28F6N2O3/c1-24(2,3)37-23(36)34-10-6-9-21(34)22(35)33(4)15-16-7-5-8-17(11-16)18-12-19(25(27,28)29)14-20(13-18)26(30,31)32/h5,7-8,11-14,21H,6,9-10,15H2,1-4H3. The van der Waals surface area contributed by atoms with E-state index in [-0.39, 0.29) is 29.6 Å². The normalized spacial score (nSPS) is 16.6. The molecule has 0 bridgehead atoms. The largest absolute Gasteiger partial charge is 0.444 e. The van der Waals surface area contributed by atoms with Crippen LogP contribution in [0.5, 0.6) is 0 Å². The Balaban J connectivity index is 1.83. The summed E-state index contributed by atoms with van der Waals surface area (Å²) in [5.41, 5.74) is -3.14. The van der Waals surface area contributed by atoms with Gasteiger partial charge in [0.15, 0.2) is 0 Å². The summed E-state index contributed by atoms with van der Waals surface area (Å²) in [6, 6.07) is 6.66. The zero-order chi connectivity index (χ0) is 27.8. The fourth-order valence-electron chi connectivity index (χ4n) is 4.14. The van der Waals surface area contributed by atoms with E-state index in [0.29, 0.717) is 37.1 Å². The first-order valence-electron chi connectivity index (χ1n) is 11.6. The number of ether oxygens (including phenoxy) is 1. The predicted molar refractivity (Wildman–Crippen MR) is 124 cm³/mol. The van der Waals surface area contributed by atoms with Gasteiger partial charge >= 0.3 is 18.4 Å². The molecule has 2 amide bonds. The Kier molecular flexibility index (Phi) is 7.85. The predicted octanol–water partition coefficient (Wildman–Crippen LogP) is 6.75. The fraction of sp³-hybridized carbons (Fsp3) is 0.462. The summed E-state index contributed by atoms with van der Waals surface area (Å²) in [6.45, 7) is 5.57. The van der Waals surface area contributed by atoms with Crippen molar-refractivity contribution in [2.24, 2.45) is 0 Å². The first-order chi connectivity index (χ1) is 17.0. The highest BCUT2D eigenvalue weighted by atomic mass is 19.4. The van der Waals surface area contributed by atoms with Crippen molar-refractivity contribution in [2.45, 2.75) is 64.2 Å². The van der Waals surface area contributed by atoms with Gasteiger partial charge in [-0.3, -0.25) is 9.69 Å². The monoisotopic (exact) mass is 530 g/mol. The summed E-state index contributed by atoms with van der Waals surface area (Å²) in [6.07, 6.45) is -9.43. The van der Waals surface area contributed by atoms with E-state index in [9.17, 15) is 35.9 Å². The second kappa shape index (κ2) is 10.3. The van der Waals surface area contributed by atoms with Crippen LogP contribution in [0, 0.1) is 0 Å². The zero-order valence-electron chi connectivity index (χ0n) is 20.8.